The summed E-state index contributed by atoms with van der Waals surface area (Å²) in [7, 11) is 0. The van der Waals surface area contributed by atoms with Gasteiger partial charge in [-0.2, -0.15) is 0 Å². The molecule has 0 saturated carbocycles. The summed E-state index contributed by atoms with van der Waals surface area (Å²) in [6.45, 7) is 9.01. The topological polar surface area (TPSA) is 75.1 Å². The number of amides is 1. The molecular weight excluding hydrogens is 419 g/mol. The molecule has 0 aliphatic carbocycles. The Morgan fingerprint density at radius 2 is 1.97 bits per heavy atom. The molecule has 0 spiro atoms. The van der Waals surface area contributed by atoms with Crippen LogP contribution >= 0.6 is 0 Å². The first-order chi connectivity index (χ1) is 15.9. The van der Waals surface area contributed by atoms with Crippen molar-refractivity contribution >= 4 is 22.5 Å². The highest BCUT2D eigenvalue weighted by molar-refractivity contribution is 5.98. The van der Waals surface area contributed by atoms with E-state index in [0.717, 1.165) is 54.0 Å². The molecule has 3 aromatic rings. The van der Waals surface area contributed by atoms with Gasteiger partial charge in [0.15, 0.2) is 5.67 Å². The zero-order valence-electron chi connectivity index (χ0n) is 19.3. The average Bonchev–Trinajstić information content (AvgIpc) is 3.24. The number of likely N-dealkylation sites (tertiary alicyclic amines) is 1. The van der Waals surface area contributed by atoms with Gasteiger partial charge in [0.1, 0.15) is 11.6 Å². The number of benzene rings is 1. The minimum atomic E-state index is -1.85. The maximum Gasteiger partial charge on any atom is 0.263 e. The first-order valence-corrected chi connectivity index (χ1v) is 11.8. The molecule has 8 heteroatoms. The summed E-state index contributed by atoms with van der Waals surface area (Å²) in [6, 6.07) is 7.99. The highest BCUT2D eigenvalue weighted by Gasteiger charge is 2.41. The molecule has 2 aliphatic heterocycles. The third kappa shape index (κ3) is 4.50. The van der Waals surface area contributed by atoms with E-state index in [1.165, 1.54) is 0 Å². The zero-order chi connectivity index (χ0) is 23.0. The van der Waals surface area contributed by atoms with E-state index in [1.54, 1.807) is 6.20 Å². The average molecular weight is 451 g/mol. The summed E-state index contributed by atoms with van der Waals surface area (Å²) >= 11 is 0. The highest BCUT2D eigenvalue weighted by atomic mass is 19.1. The molecule has 174 valence electrons. The lowest BCUT2D eigenvalue weighted by Crippen LogP contribution is -2.49. The van der Waals surface area contributed by atoms with Gasteiger partial charge in [-0.15, -0.1) is 0 Å². The highest BCUT2D eigenvalue weighted by Crippen LogP contribution is 2.30. The van der Waals surface area contributed by atoms with Crippen LogP contribution < -0.4 is 10.6 Å². The van der Waals surface area contributed by atoms with E-state index in [0.29, 0.717) is 24.8 Å². The molecule has 2 aromatic heterocycles. The van der Waals surface area contributed by atoms with Crippen LogP contribution in [0.4, 0.5) is 10.2 Å². The monoisotopic (exact) mass is 450 g/mol. The number of anilines is 1. The van der Waals surface area contributed by atoms with Gasteiger partial charge in [-0.3, -0.25) is 4.79 Å². The lowest BCUT2D eigenvalue weighted by molar-refractivity contribution is -0.130. The van der Waals surface area contributed by atoms with Crippen molar-refractivity contribution < 1.29 is 9.18 Å². The van der Waals surface area contributed by atoms with E-state index in [-0.39, 0.29) is 12.8 Å². The Bertz CT molecular complexity index is 1160. The number of nitrogens with zero attached hydrogens (tertiary/aromatic N) is 4. The smallest absolute Gasteiger partial charge is 0.263 e. The molecule has 0 atom stereocenters. The molecule has 0 bridgehead atoms. The Morgan fingerprint density at radius 3 is 2.76 bits per heavy atom. The SMILES string of the molecule is CC(C)CN1CCC(F)(C(=O)Nc2cc3cc(-c4cnc5n4CCNC5)ccc3cn2)CC1. The second-order valence-electron chi connectivity index (χ2n) is 9.63. The van der Waals surface area contributed by atoms with Gasteiger partial charge < -0.3 is 20.1 Å². The standard InChI is InChI=1S/C25H31FN6O/c1-17(2)16-31-8-5-25(26,6-9-31)24(33)30-22-12-20-11-18(3-4-19(20)13-28-22)21-14-29-23-15-27-7-10-32(21)23/h3-4,11-14,17,27H,5-10,15-16H2,1-2H3,(H,28,30,33). The predicted octanol–water partition coefficient (Wildman–Crippen LogP) is 3.60. The maximum atomic E-state index is 15.4. The number of imidazole rings is 1. The van der Waals surface area contributed by atoms with Gasteiger partial charge in [0.05, 0.1) is 18.4 Å². The second kappa shape index (κ2) is 8.83. The Hall–Kier alpha value is -2.84. The number of aromatic nitrogens is 3. The Balaban J connectivity index is 1.33. The lowest BCUT2D eigenvalue weighted by atomic mass is 9.92. The predicted molar refractivity (Wildman–Crippen MR) is 128 cm³/mol. The van der Waals surface area contributed by atoms with Gasteiger partial charge in [0.25, 0.3) is 5.91 Å². The minimum absolute atomic E-state index is 0.213. The number of fused-ring (bicyclic) bond motifs is 2. The van der Waals surface area contributed by atoms with Crippen LogP contribution in [0.2, 0.25) is 0 Å². The fraction of sp³-hybridized carbons (Fsp3) is 0.480. The van der Waals surface area contributed by atoms with Crippen molar-refractivity contribution in [2.45, 2.75) is 45.4 Å². The number of carbonyl (C=O) groups is 1. The third-order valence-corrected chi connectivity index (χ3v) is 6.67. The number of hydrogen-bond acceptors (Lipinski definition) is 5. The molecule has 0 radical (unpaired) electrons. The number of piperidine rings is 1. The summed E-state index contributed by atoms with van der Waals surface area (Å²) in [5.41, 5.74) is 0.286. The van der Waals surface area contributed by atoms with Crippen LogP contribution in [0.1, 0.15) is 32.5 Å². The molecule has 2 N–H and O–H groups in total. The van der Waals surface area contributed by atoms with Gasteiger partial charge in [-0.25, -0.2) is 14.4 Å². The first kappa shape index (κ1) is 22.0. The van der Waals surface area contributed by atoms with E-state index in [1.807, 2.05) is 18.3 Å². The molecule has 0 unspecified atom stereocenters. The van der Waals surface area contributed by atoms with Crippen LogP contribution in [-0.4, -0.2) is 57.2 Å². The molecule has 4 heterocycles. The number of rotatable bonds is 5. The van der Waals surface area contributed by atoms with E-state index >= 15 is 4.39 Å². The Labute approximate surface area is 193 Å². The van der Waals surface area contributed by atoms with Crippen LogP contribution in [0.5, 0.6) is 0 Å². The van der Waals surface area contributed by atoms with Crippen molar-refractivity contribution in [3.05, 3.63) is 42.5 Å². The molecule has 1 saturated heterocycles. The summed E-state index contributed by atoms with van der Waals surface area (Å²) in [4.78, 5) is 23.9. The number of nitrogens with one attached hydrogen (secondary N) is 2. The second-order valence-corrected chi connectivity index (χ2v) is 9.63. The number of pyridine rings is 1. The molecular formula is C25H31FN6O. The fourth-order valence-corrected chi connectivity index (χ4v) is 4.86. The number of alkyl halides is 1. The van der Waals surface area contributed by atoms with E-state index in [2.05, 4.69) is 56.0 Å². The maximum absolute atomic E-state index is 15.4. The molecule has 1 aromatic carbocycles. The number of carbonyl (C=O) groups excluding carboxylic acids is 1. The summed E-state index contributed by atoms with van der Waals surface area (Å²) in [5.74, 6) is 1.35. The first-order valence-electron chi connectivity index (χ1n) is 11.8. The van der Waals surface area contributed by atoms with Crippen molar-refractivity contribution in [3.8, 4) is 11.3 Å². The fourth-order valence-electron chi connectivity index (χ4n) is 4.86. The van der Waals surface area contributed by atoms with Crippen LogP contribution in [0, 0.1) is 5.92 Å². The number of hydrogen-bond donors (Lipinski definition) is 2. The van der Waals surface area contributed by atoms with Crippen molar-refractivity contribution in [2.75, 3.05) is 31.5 Å². The zero-order valence-corrected chi connectivity index (χ0v) is 19.3. The molecule has 2 aliphatic rings. The van der Waals surface area contributed by atoms with Crippen LogP contribution in [0.15, 0.2) is 36.7 Å². The normalized spacial score (nSPS) is 18.4. The van der Waals surface area contributed by atoms with E-state index < -0.39 is 11.6 Å². The van der Waals surface area contributed by atoms with Crippen molar-refractivity contribution in [3.63, 3.8) is 0 Å². The van der Waals surface area contributed by atoms with Crippen molar-refractivity contribution in [2.24, 2.45) is 5.92 Å². The van der Waals surface area contributed by atoms with Gasteiger partial charge in [-0.05, 0) is 23.4 Å². The van der Waals surface area contributed by atoms with Crippen molar-refractivity contribution in [1.29, 1.82) is 0 Å². The quantitative estimate of drug-likeness (QED) is 0.621. The summed E-state index contributed by atoms with van der Waals surface area (Å²) < 4.78 is 17.6. The van der Waals surface area contributed by atoms with Gasteiger partial charge in [-0.1, -0.05) is 26.0 Å². The largest absolute Gasteiger partial charge is 0.326 e. The molecule has 7 nitrogen and oxygen atoms in total. The van der Waals surface area contributed by atoms with E-state index in [4.69, 9.17) is 0 Å². The number of halogens is 1. The van der Waals surface area contributed by atoms with Crippen LogP contribution in [-0.2, 0) is 17.9 Å². The molecule has 33 heavy (non-hydrogen) atoms. The molecule has 1 amide bonds. The van der Waals surface area contributed by atoms with Crippen LogP contribution in [0.3, 0.4) is 0 Å². The summed E-state index contributed by atoms with van der Waals surface area (Å²) in [6.07, 6.45) is 4.06. The van der Waals surface area contributed by atoms with Crippen molar-refractivity contribution in [1.82, 2.24) is 24.8 Å². The van der Waals surface area contributed by atoms with Gasteiger partial charge >= 0.3 is 0 Å². The van der Waals surface area contributed by atoms with E-state index in [9.17, 15) is 4.79 Å². The summed E-state index contributed by atoms with van der Waals surface area (Å²) in [5, 5.41) is 7.98. The Kier molecular flexibility index (Phi) is 5.88. The Morgan fingerprint density at radius 1 is 1.15 bits per heavy atom. The molecule has 5 rings (SSSR count). The third-order valence-electron chi connectivity index (χ3n) is 6.67. The van der Waals surface area contributed by atoms with Gasteiger partial charge in [0.2, 0.25) is 0 Å². The van der Waals surface area contributed by atoms with Crippen LogP contribution in [0.25, 0.3) is 22.0 Å². The molecule has 1 fully saturated rings. The lowest BCUT2D eigenvalue weighted by Gasteiger charge is -2.36. The minimum Gasteiger partial charge on any atom is -0.326 e. The van der Waals surface area contributed by atoms with Gasteiger partial charge in [0, 0.05) is 62.7 Å².